The fraction of sp³-hybridized carbons (Fsp3) is 0.167. The fourth-order valence-electron chi connectivity index (χ4n) is 2.87. The van der Waals surface area contributed by atoms with E-state index in [0.29, 0.717) is 0 Å². The molecule has 0 radical (unpaired) electrons. The first kappa shape index (κ1) is 25.9. The van der Waals surface area contributed by atoms with E-state index >= 15 is 0 Å². The average Bonchev–Trinajstić information content (AvgIpc) is 3.26. The van der Waals surface area contributed by atoms with Crippen molar-refractivity contribution < 1.29 is 51.0 Å². The molecule has 0 spiro atoms. The van der Waals surface area contributed by atoms with Crippen molar-refractivity contribution in [3.05, 3.63) is 107 Å². The third-order valence-electron chi connectivity index (χ3n) is 4.19. The molecular formula is C24H22Cl2Zr. The van der Waals surface area contributed by atoms with Gasteiger partial charge in [0.25, 0.3) is 0 Å². The Morgan fingerprint density at radius 2 is 0.926 bits per heavy atom. The number of rotatable bonds is 2. The molecule has 0 N–H and O–H groups in total. The topological polar surface area (TPSA) is 0 Å². The smallest absolute Gasteiger partial charge is 1.00 e. The first-order valence-corrected chi connectivity index (χ1v) is 8.39. The van der Waals surface area contributed by atoms with Crippen LogP contribution in [0.25, 0.3) is 11.1 Å². The molecule has 2 aromatic carbocycles. The van der Waals surface area contributed by atoms with Crippen LogP contribution in [-0.2, 0) is 26.2 Å². The molecule has 0 fully saturated rings. The summed E-state index contributed by atoms with van der Waals surface area (Å²) in [5.74, 6) is 0. The van der Waals surface area contributed by atoms with E-state index in [1.54, 1.807) is 0 Å². The van der Waals surface area contributed by atoms with Crippen molar-refractivity contribution in [1.82, 2.24) is 0 Å². The molecule has 2 aliphatic carbocycles. The van der Waals surface area contributed by atoms with E-state index < -0.39 is 0 Å². The van der Waals surface area contributed by atoms with Gasteiger partial charge in [-0.15, -0.1) is 24.0 Å². The van der Waals surface area contributed by atoms with Gasteiger partial charge < -0.3 is 24.8 Å². The first-order valence-electron chi connectivity index (χ1n) is 8.39. The maximum atomic E-state index is 3.29. The van der Waals surface area contributed by atoms with Crippen LogP contribution in [0.4, 0.5) is 0 Å². The second kappa shape index (κ2) is 13.1. The third kappa shape index (κ3) is 7.78. The monoisotopic (exact) mass is 470 g/mol. The summed E-state index contributed by atoms with van der Waals surface area (Å²) >= 11 is 0. The van der Waals surface area contributed by atoms with E-state index in [9.17, 15) is 0 Å². The summed E-state index contributed by atoms with van der Waals surface area (Å²) in [6.45, 7) is 4.19. The number of hydrogen-bond acceptors (Lipinski definition) is 0. The number of benzene rings is 2. The van der Waals surface area contributed by atoms with Gasteiger partial charge in [-0.3, -0.25) is 12.2 Å². The van der Waals surface area contributed by atoms with E-state index in [1.165, 1.54) is 33.4 Å². The van der Waals surface area contributed by atoms with E-state index in [4.69, 9.17) is 0 Å². The number of allylic oxidation sites excluding steroid dienone is 8. The molecule has 0 aliphatic heterocycles. The van der Waals surface area contributed by atoms with Gasteiger partial charge in [0, 0.05) is 0 Å². The molecule has 4 rings (SSSR count). The Kier molecular flexibility index (Phi) is 12.6. The van der Waals surface area contributed by atoms with Crippen LogP contribution in [0.3, 0.4) is 0 Å². The van der Waals surface area contributed by atoms with Crippen molar-refractivity contribution in [2.24, 2.45) is 0 Å². The zero-order chi connectivity index (χ0) is 16.8. The summed E-state index contributed by atoms with van der Waals surface area (Å²) < 4.78 is 0. The Morgan fingerprint density at radius 1 is 0.593 bits per heavy atom. The van der Waals surface area contributed by atoms with Crippen LogP contribution in [0.2, 0.25) is 0 Å². The Bertz CT molecular complexity index is 744. The largest absolute Gasteiger partial charge is 4.00 e. The summed E-state index contributed by atoms with van der Waals surface area (Å²) in [4.78, 5) is 0. The molecule has 3 heteroatoms. The quantitative estimate of drug-likeness (QED) is 0.557. The molecule has 2 aromatic rings. The summed E-state index contributed by atoms with van der Waals surface area (Å²) in [7, 11) is 0. The fourth-order valence-corrected chi connectivity index (χ4v) is 2.87. The second-order valence-electron chi connectivity index (χ2n) is 6.14. The van der Waals surface area contributed by atoms with Crippen LogP contribution < -0.4 is 24.8 Å². The summed E-state index contributed by atoms with van der Waals surface area (Å²) in [5.41, 5.74) is 7.92. The number of halogens is 2. The molecule has 0 heterocycles. The van der Waals surface area contributed by atoms with Crippen LogP contribution in [0, 0.1) is 12.2 Å². The minimum absolute atomic E-state index is 0. The Hall–Kier alpha value is -1.14. The maximum absolute atomic E-state index is 3.29. The molecule has 0 amide bonds. The van der Waals surface area contributed by atoms with Crippen LogP contribution in [-0.4, -0.2) is 0 Å². The van der Waals surface area contributed by atoms with Crippen molar-refractivity contribution in [2.75, 3.05) is 0 Å². The van der Waals surface area contributed by atoms with Gasteiger partial charge in [0.05, 0.1) is 0 Å². The van der Waals surface area contributed by atoms with Gasteiger partial charge in [-0.2, -0.15) is 0 Å². The summed E-state index contributed by atoms with van der Waals surface area (Å²) in [5, 5.41) is 0. The van der Waals surface area contributed by atoms with Gasteiger partial charge in [0.15, 0.2) is 0 Å². The Balaban J connectivity index is 0.000000451. The van der Waals surface area contributed by atoms with E-state index in [0.717, 1.165) is 12.8 Å². The predicted octanol–water partition coefficient (Wildman–Crippen LogP) is 0.452. The van der Waals surface area contributed by atoms with Gasteiger partial charge in [-0.1, -0.05) is 74.5 Å². The second-order valence-corrected chi connectivity index (χ2v) is 6.14. The van der Waals surface area contributed by atoms with Crippen molar-refractivity contribution in [3.8, 4) is 0 Å². The normalized spacial score (nSPS) is 14.0. The number of hydrogen-bond donors (Lipinski definition) is 0. The van der Waals surface area contributed by atoms with Gasteiger partial charge >= 0.3 is 26.2 Å². The van der Waals surface area contributed by atoms with E-state index in [-0.39, 0.29) is 51.0 Å². The molecule has 0 atom stereocenters. The molecule has 27 heavy (non-hydrogen) atoms. The van der Waals surface area contributed by atoms with Gasteiger partial charge in [0.2, 0.25) is 0 Å². The summed E-state index contributed by atoms with van der Waals surface area (Å²) in [6, 6.07) is 21.0. The zero-order valence-corrected chi connectivity index (χ0v) is 19.6. The molecule has 0 nitrogen and oxygen atoms in total. The van der Waals surface area contributed by atoms with Crippen molar-refractivity contribution in [3.63, 3.8) is 0 Å². The molecule has 0 unspecified atom stereocenters. The minimum atomic E-state index is 0. The Morgan fingerprint density at radius 3 is 1.19 bits per heavy atom. The van der Waals surface area contributed by atoms with Crippen molar-refractivity contribution in [2.45, 2.75) is 26.7 Å². The third-order valence-corrected chi connectivity index (χ3v) is 4.19. The van der Waals surface area contributed by atoms with Crippen molar-refractivity contribution in [1.29, 1.82) is 0 Å². The van der Waals surface area contributed by atoms with Gasteiger partial charge in [0.1, 0.15) is 0 Å². The molecule has 0 bridgehead atoms. The van der Waals surface area contributed by atoms with Crippen LogP contribution in [0.5, 0.6) is 0 Å². The zero-order valence-electron chi connectivity index (χ0n) is 15.6. The molecule has 0 saturated carbocycles. The standard InChI is InChI=1S/2C12H11.2ClH.Zr/c2*1-10-7-8-12(9-10)11-5-3-2-4-6-11;;;/h2*2-6,9H,8H2,1H3;2*1H;/q2*-1;;;+4/p-2. The van der Waals surface area contributed by atoms with Crippen molar-refractivity contribution >= 4 is 11.1 Å². The van der Waals surface area contributed by atoms with Gasteiger partial charge in [-0.25, -0.2) is 23.3 Å². The van der Waals surface area contributed by atoms with Crippen LogP contribution >= 0.6 is 0 Å². The summed E-state index contributed by atoms with van der Waals surface area (Å²) in [6.07, 6.45) is 12.9. The maximum Gasteiger partial charge on any atom is 4.00 e. The average molecular weight is 473 g/mol. The predicted molar refractivity (Wildman–Crippen MR) is 103 cm³/mol. The Labute approximate surface area is 195 Å². The molecule has 136 valence electrons. The van der Waals surface area contributed by atoms with Crippen LogP contribution in [0.15, 0.2) is 84.0 Å². The minimum Gasteiger partial charge on any atom is -1.00 e. The van der Waals surface area contributed by atoms with E-state index in [2.05, 4.69) is 86.7 Å². The molecule has 0 saturated heterocycles. The first-order chi connectivity index (χ1) is 11.7. The SMILES string of the molecule is CC1=[C-]CC(c2ccccc2)=C1.CC1=[C-]CC(c2ccccc2)=C1.[Cl-].[Cl-].[Zr+4]. The molecular weight excluding hydrogens is 450 g/mol. The van der Waals surface area contributed by atoms with Gasteiger partial charge in [-0.05, 0) is 11.1 Å². The van der Waals surface area contributed by atoms with Crippen LogP contribution in [0.1, 0.15) is 37.8 Å². The van der Waals surface area contributed by atoms with E-state index in [1.807, 2.05) is 12.1 Å². The molecule has 2 aliphatic rings. The molecule has 0 aromatic heterocycles.